The lowest BCUT2D eigenvalue weighted by Crippen LogP contribution is -2.18. The van der Waals surface area contributed by atoms with Gasteiger partial charge in [-0.15, -0.1) is 0 Å². The Labute approximate surface area is 166 Å². The molecular weight excluding hydrogens is 376 g/mol. The van der Waals surface area contributed by atoms with Crippen LogP contribution in [-0.4, -0.2) is 16.8 Å². The number of pyridine rings is 1. The molecule has 5 nitrogen and oxygen atoms in total. The summed E-state index contributed by atoms with van der Waals surface area (Å²) < 4.78 is 27.5. The second-order valence-electron chi connectivity index (χ2n) is 6.74. The third kappa shape index (κ3) is 4.45. The van der Waals surface area contributed by atoms with E-state index in [2.05, 4.69) is 15.6 Å². The first kappa shape index (κ1) is 20.1. The van der Waals surface area contributed by atoms with Gasteiger partial charge in [0, 0.05) is 18.1 Å². The Balaban J connectivity index is 1.82. The summed E-state index contributed by atoms with van der Waals surface area (Å²) >= 11 is 0. The van der Waals surface area contributed by atoms with Crippen LogP contribution in [0.25, 0.3) is 0 Å². The maximum Gasteiger partial charge on any atom is 0.257 e. The van der Waals surface area contributed by atoms with Gasteiger partial charge in [-0.05, 0) is 50.1 Å². The molecule has 0 saturated carbocycles. The Morgan fingerprint density at radius 1 is 0.793 bits per heavy atom. The van der Waals surface area contributed by atoms with Crippen molar-refractivity contribution in [3.05, 3.63) is 88.2 Å². The number of anilines is 2. The van der Waals surface area contributed by atoms with Gasteiger partial charge in [0.15, 0.2) is 0 Å². The first-order valence-electron chi connectivity index (χ1n) is 8.86. The second-order valence-corrected chi connectivity index (χ2v) is 6.74. The van der Waals surface area contributed by atoms with Crippen LogP contribution in [-0.2, 0) is 0 Å². The summed E-state index contributed by atoms with van der Waals surface area (Å²) in [5, 5.41) is 5.00. The molecule has 7 heteroatoms. The molecule has 0 unspecified atom stereocenters. The van der Waals surface area contributed by atoms with E-state index in [9.17, 15) is 18.4 Å². The summed E-state index contributed by atoms with van der Waals surface area (Å²) in [7, 11) is 0. The summed E-state index contributed by atoms with van der Waals surface area (Å²) in [6.07, 6.45) is 2.53. The standard InChI is InChI=1S/C22H19F2N3O2/c1-12-7-13(2)19(14(3)8-12)26-21(28)15-9-16(11-25-10-15)22(29)27-20-17(23)5-4-6-18(20)24/h4-11H,1-3H3,(H,26,28)(H,27,29). The van der Waals surface area contributed by atoms with Crippen LogP contribution in [0.3, 0.4) is 0 Å². The van der Waals surface area contributed by atoms with Crippen molar-refractivity contribution >= 4 is 23.2 Å². The Morgan fingerprint density at radius 3 is 1.79 bits per heavy atom. The van der Waals surface area contributed by atoms with Gasteiger partial charge in [0.25, 0.3) is 11.8 Å². The van der Waals surface area contributed by atoms with Gasteiger partial charge in [0.05, 0.1) is 11.1 Å². The number of nitrogens with zero attached hydrogens (tertiary/aromatic N) is 1. The fourth-order valence-corrected chi connectivity index (χ4v) is 3.05. The van der Waals surface area contributed by atoms with Crippen LogP contribution in [0.1, 0.15) is 37.4 Å². The predicted molar refractivity (Wildman–Crippen MR) is 107 cm³/mol. The highest BCUT2D eigenvalue weighted by Crippen LogP contribution is 2.23. The molecule has 0 aliphatic rings. The number of para-hydroxylation sites is 1. The largest absolute Gasteiger partial charge is 0.321 e. The summed E-state index contributed by atoms with van der Waals surface area (Å²) in [5.41, 5.74) is 3.17. The zero-order valence-corrected chi connectivity index (χ0v) is 16.1. The molecule has 0 aliphatic carbocycles. The van der Waals surface area contributed by atoms with Gasteiger partial charge in [0.1, 0.15) is 17.3 Å². The zero-order chi connectivity index (χ0) is 21.1. The van der Waals surface area contributed by atoms with E-state index in [1.54, 1.807) is 0 Å². The number of carbonyl (C=O) groups excluding carboxylic acids is 2. The minimum absolute atomic E-state index is 0.00217. The van der Waals surface area contributed by atoms with E-state index < -0.39 is 29.1 Å². The number of nitrogens with one attached hydrogen (secondary N) is 2. The van der Waals surface area contributed by atoms with Crippen molar-refractivity contribution in [3.8, 4) is 0 Å². The van der Waals surface area contributed by atoms with Gasteiger partial charge < -0.3 is 10.6 Å². The number of amides is 2. The molecule has 3 aromatic rings. The number of carbonyl (C=O) groups is 2. The lowest BCUT2D eigenvalue weighted by molar-refractivity contribution is 0.102. The smallest absolute Gasteiger partial charge is 0.257 e. The topological polar surface area (TPSA) is 71.1 Å². The molecule has 0 spiro atoms. The van der Waals surface area contributed by atoms with Crippen LogP contribution in [0.5, 0.6) is 0 Å². The molecule has 3 rings (SSSR count). The number of benzene rings is 2. The fourth-order valence-electron chi connectivity index (χ4n) is 3.05. The normalized spacial score (nSPS) is 10.5. The molecule has 2 amide bonds. The van der Waals surface area contributed by atoms with Crippen molar-refractivity contribution in [2.24, 2.45) is 0 Å². The highest BCUT2D eigenvalue weighted by Gasteiger charge is 2.16. The maximum atomic E-state index is 13.7. The van der Waals surface area contributed by atoms with Crippen LogP contribution in [0.2, 0.25) is 0 Å². The maximum absolute atomic E-state index is 13.7. The minimum atomic E-state index is -0.898. The van der Waals surface area contributed by atoms with Crippen molar-refractivity contribution in [2.75, 3.05) is 10.6 Å². The summed E-state index contributed by atoms with van der Waals surface area (Å²) in [4.78, 5) is 28.9. The summed E-state index contributed by atoms with van der Waals surface area (Å²) in [5.74, 6) is -3.02. The van der Waals surface area contributed by atoms with E-state index in [1.807, 2.05) is 32.9 Å². The van der Waals surface area contributed by atoms with E-state index in [0.29, 0.717) is 5.69 Å². The number of hydrogen-bond donors (Lipinski definition) is 2. The monoisotopic (exact) mass is 395 g/mol. The van der Waals surface area contributed by atoms with Crippen molar-refractivity contribution < 1.29 is 18.4 Å². The molecule has 148 valence electrons. The van der Waals surface area contributed by atoms with E-state index in [4.69, 9.17) is 0 Å². The molecule has 1 aromatic heterocycles. The first-order valence-corrected chi connectivity index (χ1v) is 8.86. The molecule has 0 fully saturated rings. The summed E-state index contributed by atoms with van der Waals surface area (Å²) in [6.45, 7) is 5.75. The van der Waals surface area contributed by atoms with Crippen LogP contribution in [0, 0.1) is 32.4 Å². The third-order valence-corrected chi connectivity index (χ3v) is 4.38. The number of aryl methyl sites for hydroxylation is 3. The van der Waals surface area contributed by atoms with E-state index >= 15 is 0 Å². The van der Waals surface area contributed by atoms with E-state index in [1.165, 1.54) is 24.5 Å². The number of hydrogen-bond acceptors (Lipinski definition) is 3. The van der Waals surface area contributed by atoms with Crippen LogP contribution in [0.4, 0.5) is 20.2 Å². The Bertz CT molecular complexity index is 1070. The van der Waals surface area contributed by atoms with Gasteiger partial charge in [0.2, 0.25) is 0 Å². The Hall–Kier alpha value is -3.61. The number of halogens is 2. The van der Waals surface area contributed by atoms with Gasteiger partial charge in [-0.25, -0.2) is 8.78 Å². The Kier molecular flexibility index (Phi) is 5.68. The SMILES string of the molecule is Cc1cc(C)c(NC(=O)c2cncc(C(=O)Nc3c(F)cccc3F)c2)c(C)c1. The summed E-state index contributed by atoms with van der Waals surface area (Å²) in [6, 6.07) is 8.48. The van der Waals surface area contributed by atoms with E-state index in [0.717, 1.165) is 28.8 Å². The van der Waals surface area contributed by atoms with Crippen LogP contribution < -0.4 is 10.6 Å². The van der Waals surface area contributed by atoms with Gasteiger partial charge in [-0.1, -0.05) is 23.8 Å². The molecule has 0 radical (unpaired) electrons. The second kappa shape index (κ2) is 8.18. The highest BCUT2D eigenvalue weighted by atomic mass is 19.1. The average molecular weight is 395 g/mol. The van der Waals surface area contributed by atoms with Crippen molar-refractivity contribution in [1.29, 1.82) is 0 Å². The number of rotatable bonds is 4. The predicted octanol–water partition coefficient (Wildman–Crippen LogP) is 4.79. The molecule has 0 saturated heterocycles. The highest BCUT2D eigenvalue weighted by molar-refractivity contribution is 6.08. The lowest BCUT2D eigenvalue weighted by atomic mass is 10.0. The number of aromatic nitrogens is 1. The van der Waals surface area contributed by atoms with Crippen molar-refractivity contribution in [1.82, 2.24) is 4.98 Å². The Morgan fingerprint density at radius 2 is 1.28 bits per heavy atom. The van der Waals surface area contributed by atoms with E-state index in [-0.39, 0.29) is 11.1 Å². The average Bonchev–Trinajstić information content (AvgIpc) is 2.67. The lowest BCUT2D eigenvalue weighted by Gasteiger charge is -2.13. The third-order valence-electron chi connectivity index (χ3n) is 4.38. The van der Waals surface area contributed by atoms with Crippen LogP contribution >= 0.6 is 0 Å². The van der Waals surface area contributed by atoms with Crippen LogP contribution in [0.15, 0.2) is 48.8 Å². The fraction of sp³-hybridized carbons (Fsp3) is 0.136. The molecular formula is C22H19F2N3O2. The quantitative estimate of drug-likeness (QED) is 0.667. The molecule has 29 heavy (non-hydrogen) atoms. The molecule has 1 heterocycles. The van der Waals surface area contributed by atoms with Crippen molar-refractivity contribution in [2.45, 2.75) is 20.8 Å². The molecule has 0 aliphatic heterocycles. The molecule has 2 N–H and O–H groups in total. The molecule has 0 atom stereocenters. The minimum Gasteiger partial charge on any atom is -0.321 e. The van der Waals surface area contributed by atoms with Gasteiger partial charge >= 0.3 is 0 Å². The first-order chi connectivity index (χ1) is 13.8. The van der Waals surface area contributed by atoms with Gasteiger partial charge in [-0.3, -0.25) is 14.6 Å². The van der Waals surface area contributed by atoms with Crippen molar-refractivity contribution in [3.63, 3.8) is 0 Å². The van der Waals surface area contributed by atoms with Gasteiger partial charge in [-0.2, -0.15) is 0 Å². The molecule has 2 aromatic carbocycles. The zero-order valence-electron chi connectivity index (χ0n) is 16.1. The molecule has 0 bridgehead atoms.